The summed E-state index contributed by atoms with van der Waals surface area (Å²) in [5.74, 6) is -0.965. The van der Waals surface area contributed by atoms with Gasteiger partial charge in [-0.25, -0.2) is 9.82 Å². The van der Waals surface area contributed by atoms with Crippen LogP contribution >= 0.6 is 11.3 Å². The SMILES string of the molecule is O=C(Nc1sc2c(c1C(=O)N/N=C/c1ccc(F)cc1)CCCC2)c1cccc(CN2CCN(CCO)CC2)c1. The minimum Gasteiger partial charge on any atom is -0.395 e. The lowest BCUT2D eigenvalue weighted by molar-refractivity contribution is 0.0955. The maximum atomic E-state index is 13.3. The fourth-order valence-corrected chi connectivity index (χ4v) is 6.50. The normalized spacial score (nSPS) is 16.1. The molecule has 210 valence electrons. The van der Waals surface area contributed by atoms with E-state index in [0.29, 0.717) is 28.2 Å². The van der Waals surface area contributed by atoms with Crippen molar-refractivity contribution in [3.63, 3.8) is 0 Å². The van der Waals surface area contributed by atoms with E-state index in [1.807, 2.05) is 18.2 Å². The maximum absolute atomic E-state index is 13.3. The summed E-state index contributed by atoms with van der Waals surface area (Å²) >= 11 is 1.46. The fraction of sp³-hybridized carbons (Fsp3) is 0.367. The summed E-state index contributed by atoms with van der Waals surface area (Å²) < 4.78 is 13.2. The van der Waals surface area contributed by atoms with Gasteiger partial charge in [-0.2, -0.15) is 5.10 Å². The van der Waals surface area contributed by atoms with Crippen molar-refractivity contribution in [1.29, 1.82) is 0 Å². The van der Waals surface area contributed by atoms with E-state index in [-0.39, 0.29) is 24.2 Å². The molecule has 3 N–H and O–H groups in total. The molecule has 2 heterocycles. The van der Waals surface area contributed by atoms with Crippen molar-refractivity contribution in [1.82, 2.24) is 15.2 Å². The molecule has 2 aromatic carbocycles. The van der Waals surface area contributed by atoms with Crippen molar-refractivity contribution in [2.75, 3.05) is 44.6 Å². The van der Waals surface area contributed by atoms with E-state index in [1.165, 1.54) is 29.7 Å². The Morgan fingerprint density at radius 3 is 2.52 bits per heavy atom. The number of hydrogen-bond donors (Lipinski definition) is 3. The van der Waals surface area contributed by atoms with Gasteiger partial charge in [-0.1, -0.05) is 24.3 Å². The number of amides is 2. The quantitative estimate of drug-likeness (QED) is 0.271. The van der Waals surface area contributed by atoms with Crippen molar-refractivity contribution in [3.8, 4) is 0 Å². The molecule has 5 rings (SSSR count). The Hall–Kier alpha value is -3.44. The average molecular weight is 564 g/mol. The van der Waals surface area contributed by atoms with Gasteiger partial charge in [0.15, 0.2) is 0 Å². The van der Waals surface area contributed by atoms with E-state index >= 15 is 0 Å². The number of hydrogen-bond acceptors (Lipinski definition) is 7. The Morgan fingerprint density at radius 1 is 1.00 bits per heavy atom. The fourth-order valence-electron chi connectivity index (χ4n) is 5.22. The highest BCUT2D eigenvalue weighted by atomic mass is 32.1. The first kappa shape index (κ1) is 28.1. The van der Waals surface area contributed by atoms with Crippen LogP contribution in [0, 0.1) is 5.82 Å². The standard InChI is InChI=1S/C30H34FN5O3S/c31-24-10-8-21(9-11-24)19-32-34-29(39)27-25-6-1-2-7-26(25)40-30(27)33-28(38)23-5-3-4-22(18-23)20-36-14-12-35(13-15-36)16-17-37/h3-5,8-11,18-19,37H,1-2,6-7,12-17,20H2,(H,33,38)(H,34,39)/b32-19+. The van der Waals surface area contributed by atoms with E-state index < -0.39 is 0 Å². The number of carbonyl (C=O) groups excluding carboxylic acids is 2. The van der Waals surface area contributed by atoms with Crippen LogP contribution in [0.5, 0.6) is 0 Å². The smallest absolute Gasteiger partial charge is 0.274 e. The summed E-state index contributed by atoms with van der Waals surface area (Å²) in [5, 5.41) is 16.8. The van der Waals surface area contributed by atoms with Gasteiger partial charge in [0.2, 0.25) is 0 Å². The number of piperazine rings is 1. The van der Waals surface area contributed by atoms with Gasteiger partial charge in [-0.3, -0.25) is 19.4 Å². The lowest BCUT2D eigenvalue weighted by Gasteiger charge is -2.34. The molecule has 3 aromatic rings. The van der Waals surface area contributed by atoms with Gasteiger partial charge >= 0.3 is 0 Å². The summed E-state index contributed by atoms with van der Waals surface area (Å²) in [6.45, 7) is 5.30. The molecule has 2 amide bonds. The van der Waals surface area contributed by atoms with E-state index in [2.05, 4.69) is 25.6 Å². The van der Waals surface area contributed by atoms with Gasteiger partial charge in [-0.05, 0) is 66.6 Å². The Balaban J connectivity index is 1.27. The van der Waals surface area contributed by atoms with Crippen LogP contribution in [0.3, 0.4) is 0 Å². The Bertz CT molecular complexity index is 1370. The third-order valence-electron chi connectivity index (χ3n) is 7.35. The number of nitrogens with zero attached hydrogens (tertiary/aromatic N) is 3. The number of β-amino-alcohol motifs (C(OH)–C–C–N with tert-alkyl or cyclic N) is 1. The molecule has 0 unspecified atom stereocenters. The molecule has 0 spiro atoms. The molecule has 0 bridgehead atoms. The summed E-state index contributed by atoms with van der Waals surface area (Å²) in [5.41, 5.74) is 6.31. The Morgan fingerprint density at radius 2 is 1.75 bits per heavy atom. The molecule has 2 aliphatic rings. The molecule has 8 nitrogen and oxygen atoms in total. The minimum atomic E-state index is -0.373. The number of carbonyl (C=O) groups is 2. The largest absolute Gasteiger partial charge is 0.395 e. The van der Waals surface area contributed by atoms with Crippen molar-refractivity contribution in [3.05, 3.63) is 87.0 Å². The number of benzene rings is 2. The molecular weight excluding hydrogens is 529 g/mol. The zero-order chi connectivity index (χ0) is 27.9. The second-order valence-electron chi connectivity index (χ2n) is 10.2. The van der Waals surface area contributed by atoms with Crippen molar-refractivity contribution in [2.45, 2.75) is 32.2 Å². The first-order valence-corrected chi connectivity index (χ1v) is 14.5. The highest BCUT2D eigenvalue weighted by Gasteiger charge is 2.27. The second-order valence-corrected chi connectivity index (χ2v) is 11.3. The van der Waals surface area contributed by atoms with E-state index in [9.17, 15) is 14.0 Å². The van der Waals surface area contributed by atoms with Crippen molar-refractivity contribution >= 4 is 34.4 Å². The lowest BCUT2D eigenvalue weighted by Crippen LogP contribution is -2.46. The molecule has 1 saturated heterocycles. The number of anilines is 1. The number of aryl methyl sites for hydroxylation is 1. The summed E-state index contributed by atoms with van der Waals surface area (Å²) in [6, 6.07) is 13.4. The molecule has 10 heteroatoms. The van der Waals surface area contributed by atoms with Crippen LogP contribution in [0.2, 0.25) is 0 Å². The van der Waals surface area contributed by atoms with E-state index in [4.69, 9.17) is 5.11 Å². The van der Waals surface area contributed by atoms with E-state index in [1.54, 1.807) is 18.2 Å². The molecule has 0 saturated carbocycles. The molecule has 1 aromatic heterocycles. The number of aliphatic hydroxyl groups excluding tert-OH is 1. The van der Waals surface area contributed by atoms with Crippen LogP contribution in [0.4, 0.5) is 9.39 Å². The number of halogens is 1. The minimum absolute atomic E-state index is 0.178. The second kappa shape index (κ2) is 13.3. The first-order chi connectivity index (χ1) is 19.5. The zero-order valence-electron chi connectivity index (χ0n) is 22.4. The number of fused-ring (bicyclic) bond motifs is 1. The highest BCUT2D eigenvalue weighted by molar-refractivity contribution is 7.17. The van der Waals surface area contributed by atoms with Gasteiger partial charge in [-0.15, -0.1) is 11.3 Å². The number of rotatable bonds is 9. The van der Waals surface area contributed by atoms with Gasteiger partial charge < -0.3 is 10.4 Å². The monoisotopic (exact) mass is 563 g/mol. The summed E-state index contributed by atoms with van der Waals surface area (Å²) in [6.07, 6.45) is 5.18. The summed E-state index contributed by atoms with van der Waals surface area (Å²) in [4.78, 5) is 32.3. The van der Waals surface area contributed by atoms with E-state index in [0.717, 1.165) is 74.4 Å². The van der Waals surface area contributed by atoms with Crippen molar-refractivity contribution in [2.24, 2.45) is 5.10 Å². The molecular formula is C30H34FN5O3S. The average Bonchev–Trinajstić information content (AvgIpc) is 3.33. The van der Waals surface area contributed by atoms with Gasteiger partial charge in [0.25, 0.3) is 11.8 Å². The molecule has 40 heavy (non-hydrogen) atoms. The van der Waals surface area contributed by atoms with Crippen molar-refractivity contribution < 1.29 is 19.1 Å². The van der Waals surface area contributed by atoms with Crippen LogP contribution in [-0.4, -0.2) is 72.3 Å². The molecule has 0 radical (unpaired) electrons. The van der Waals surface area contributed by atoms with Crippen LogP contribution in [0.1, 0.15) is 55.1 Å². The van der Waals surface area contributed by atoms with Crippen LogP contribution in [-0.2, 0) is 19.4 Å². The van der Waals surface area contributed by atoms with Crippen LogP contribution in [0.15, 0.2) is 53.6 Å². The van der Waals surface area contributed by atoms with Gasteiger partial charge in [0.1, 0.15) is 10.8 Å². The Kier molecular flexibility index (Phi) is 9.33. The predicted octanol–water partition coefficient (Wildman–Crippen LogP) is 3.89. The number of thiophene rings is 1. The topological polar surface area (TPSA) is 97.3 Å². The highest BCUT2D eigenvalue weighted by Crippen LogP contribution is 2.38. The van der Waals surface area contributed by atoms with Crippen LogP contribution in [0.25, 0.3) is 0 Å². The molecule has 1 aliphatic carbocycles. The van der Waals surface area contributed by atoms with Crippen LogP contribution < -0.4 is 10.7 Å². The third kappa shape index (κ3) is 7.00. The number of nitrogens with one attached hydrogen (secondary N) is 2. The Labute approximate surface area is 237 Å². The number of aliphatic hydroxyl groups is 1. The van der Waals surface area contributed by atoms with Gasteiger partial charge in [0.05, 0.1) is 18.4 Å². The predicted molar refractivity (Wildman–Crippen MR) is 156 cm³/mol. The maximum Gasteiger partial charge on any atom is 0.274 e. The first-order valence-electron chi connectivity index (χ1n) is 13.7. The third-order valence-corrected chi connectivity index (χ3v) is 8.56. The number of hydrazone groups is 1. The lowest BCUT2D eigenvalue weighted by atomic mass is 9.95. The zero-order valence-corrected chi connectivity index (χ0v) is 23.2. The molecule has 1 fully saturated rings. The van der Waals surface area contributed by atoms with Gasteiger partial charge in [0, 0.05) is 49.7 Å². The molecule has 0 atom stereocenters. The molecule has 1 aliphatic heterocycles. The summed E-state index contributed by atoms with van der Waals surface area (Å²) in [7, 11) is 0.